The number of ether oxygens (including phenoxy) is 2. The van der Waals surface area contributed by atoms with Crippen molar-refractivity contribution in [3.05, 3.63) is 85.6 Å². The molecule has 0 unspecified atom stereocenters. The molecule has 36 heavy (non-hydrogen) atoms. The van der Waals surface area contributed by atoms with E-state index < -0.39 is 12.0 Å². The largest absolute Gasteiger partial charge is 0.506 e. The minimum absolute atomic E-state index is 0.107. The van der Waals surface area contributed by atoms with Crippen LogP contribution in [0.5, 0.6) is 11.5 Å². The van der Waals surface area contributed by atoms with Crippen LogP contribution >= 0.6 is 56.5 Å². The van der Waals surface area contributed by atoms with Gasteiger partial charge in [0.2, 0.25) is 0 Å². The molecule has 2 heterocycles. The number of fused-ring (bicyclic) bond motifs is 1. The molecule has 3 aromatic rings. The summed E-state index contributed by atoms with van der Waals surface area (Å²) in [7, 11) is 0. The van der Waals surface area contributed by atoms with Gasteiger partial charge >= 0.3 is 5.97 Å². The van der Waals surface area contributed by atoms with Gasteiger partial charge < -0.3 is 14.6 Å². The van der Waals surface area contributed by atoms with Crippen LogP contribution in [0.4, 0.5) is 0 Å². The van der Waals surface area contributed by atoms with E-state index in [2.05, 4.69) is 50.2 Å². The molecule has 4 rings (SSSR count). The van der Waals surface area contributed by atoms with Crippen molar-refractivity contribution in [3.8, 4) is 11.5 Å². The summed E-state index contributed by atoms with van der Waals surface area (Å²) in [4.78, 5) is 32.0. The van der Waals surface area contributed by atoms with Crippen LogP contribution in [-0.4, -0.2) is 28.4 Å². The number of hydrogen-bond donors (Lipinski definition) is 1. The van der Waals surface area contributed by atoms with E-state index in [0.717, 1.165) is 3.57 Å². The third-order valence-corrected chi connectivity index (χ3v) is 7.87. The lowest BCUT2D eigenvalue weighted by Crippen LogP contribution is -2.40. The Morgan fingerprint density at radius 2 is 2.00 bits per heavy atom. The zero-order valence-corrected chi connectivity index (χ0v) is 25.2. The maximum Gasteiger partial charge on any atom is 0.338 e. The number of halogens is 2. The number of para-hydroxylation sites is 1. The van der Waals surface area contributed by atoms with Gasteiger partial charge in [0.15, 0.2) is 4.80 Å². The van der Waals surface area contributed by atoms with Crippen LogP contribution in [0.2, 0.25) is 0 Å². The highest BCUT2D eigenvalue weighted by Gasteiger charge is 2.35. The number of carbonyl (C=O) groups is 1. The van der Waals surface area contributed by atoms with Gasteiger partial charge in [0, 0.05) is 14.7 Å². The quantitative estimate of drug-likeness (QED) is 0.298. The van der Waals surface area contributed by atoms with E-state index in [9.17, 15) is 14.7 Å². The topological polar surface area (TPSA) is 90.1 Å². The second-order valence-corrected chi connectivity index (χ2v) is 11.7. The first-order chi connectivity index (χ1) is 17.1. The SMILES string of the molecule is CCOC(=O)C1=C(C)N=c2s/c(=C\c3cc(I)cc(I)c3O)c(=O)n2[C@@H]1c1ccccc1OC(C)C. The Bertz CT molecular complexity index is 1560. The fourth-order valence-electron chi connectivity index (χ4n) is 3.99. The summed E-state index contributed by atoms with van der Waals surface area (Å²) in [6.45, 7) is 7.52. The van der Waals surface area contributed by atoms with Crippen molar-refractivity contribution < 1.29 is 19.4 Å². The summed E-state index contributed by atoms with van der Waals surface area (Å²) >= 11 is 5.45. The van der Waals surface area contributed by atoms with Crippen molar-refractivity contribution in [2.75, 3.05) is 6.61 Å². The van der Waals surface area contributed by atoms with E-state index in [-0.39, 0.29) is 24.0 Å². The lowest BCUT2D eigenvalue weighted by atomic mass is 9.95. The maximum absolute atomic E-state index is 13.8. The number of carbonyl (C=O) groups excluding carboxylic acids is 1. The summed E-state index contributed by atoms with van der Waals surface area (Å²) in [5, 5.41) is 10.6. The Morgan fingerprint density at radius 3 is 2.69 bits per heavy atom. The highest BCUT2D eigenvalue weighted by Crippen LogP contribution is 2.36. The average Bonchev–Trinajstić information content (AvgIpc) is 3.11. The predicted molar refractivity (Wildman–Crippen MR) is 156 cm³/mol. The predicted octanol–water partition coefficient (Wildman–Crippen LogP) is 4.50. The van der Waals surface area contributed by atoms with Crippen LogP contribution in [-0.2, 0) is 9.53 Å². The summed E-state index contributed by atoms with van der Waals surface area (Å²) in [6, 6.07) is 10.3. The third-order valence-electron chi connectivity index (χ3n) is 5.44. The number of phenolic OH excluding ortho intramolecular Hbond substituents is 1. The number of aromatic nitrogens is 1. The normalized spacial score (nSPS) is 15.6. The molecule has 10 heteroatoms. The first-order valence-corrected chi connectivity index (χ1v) is 14.2. The minimum atomic E-state index is -0.776. The molecule has 1 atom stereocenters. The number of esters is 1. The molecule has 0 fully saturated rings. The van der Waals surface area contributed by atoms with Crippen LogP contribution in [0, 0.1) is 7.14 Å². The molecular weight excluding hydrogens is 706 g/mol. The highest BCUT2D eigenvalue weighted by molar-refractivity contribution is 14.1. The van der Waals surface area contributed by atoms with Crippen molar-refractivity contribution in [2.45, 2.75) is 39.8 Å². The number of allylic oxidation sites excluding steroid dienone is 1. The van der Waals surface area contributed by atoms with Gasteiger partial charge in [-0.15, -0.1) is 0 Å². The van der Waals surface area contributed by atoms with E-state index in [1.807, 2.05) is 50.2 Å². The molecule has 1 aliphatic rings. The van der Waals surface area contributed by atoms with Crippen molar-refractivity contribution in [1.82, 2.24) is 4.57 Å². The molecule has 0 saturated heterocycles. The minimum Gasteiger partial charge on any atom is -0.506 e. The van der Waals surface area contributed by atoms with E-state index in [4.69, 9.17) is 9.47 Å². The van der Waals surface area contributed by atoms with Crippen LogP contribution in [0.15, 0.2) is 57.5 Å². The van der Waals surface area contributed by atoms with Crippen LogP contribution in [0.3, 0.4) is 0 Å². The van der Waals surface area contributed by atoms with Crippen molar-refractivity contribution in [2.24, 2.45) is 4.99 Å². The lowest BCUT2D eigenvalue weighted by molar-refractivity contribution is -0.139. The highest BCUT2D eigenvalue weighted by atomic mass is 127. The van der Waals surface area contributed by atoms with E-state index >= 15 is 0 Å². The molecule has 1 N–H and O–H groups in total. The van der Waals surface area contributed by atoms with Gasteiger partial charge in [-0.05, 0) is 97.2 Å². The fourth-order valence-corrected chi connectivity index (χ4v) is 6.92. The first-order valence-electron chi connectivity index (χ1n) is 11.3. The van der Waals surface area contributed by atoms with Crippen LogP contribution in [0.1, 0.15) is 44.9 Å². The molecule has 0 radical (unpaired) electrons. The Balaban J connectivity index is 2.01. The summed E-state index contributed by atoms with van der Waals surface area (Å²) in [5.41, 5.74) is 1.67. The number of rotatable bonds is 6. The average molecular weight is 730 g/mol. The van der Waals surface area contributed by atoms with Gasteiger partial charge in [-0.3, -0.25) is 9.36 Å². The zero-order chi connectivity index (χ0) is 26.1. The lowest BCUT2D eigenvalue weighted by Gasteiger charge is -2.26. The van der Waals surface area contributed by atoms with Crippen molar-refractivity contribution in [1.29, 1.82) is 0 Å². The van der Waals surface area contributed by atoms with E-state index in [1.165, 1.54) is 15.9 Å². The van der Waals surface area contributed by atoms with Crippen molar-refractivity contribution >= 4 is 68.6 Å². The number of phenols is 1. The van der Waals surface area contributed by atoms with Gasteiger partial charge in [-0.2, -0.15) is 0 Å². The standard InChI is InChI=1S/C26H24I2N2O5S/c1-5-34-25(33)21-14(4)29-26-30(22(21)17-8-6-7-9-19(17)35-13(2)3)24(32)20(36-26)11-15-10-16(27)12-18(28)23(15)31/h6-13,22,31H,5H2,1-4H3/b20-11-/t22-/m1/s1. The Hall–Kier alpha value is -2.19. The number of thiazole rings is 1. The molecule has 0 saturated carbocycles. The third kappa shape index (κ3) is 5.25. The van der Waals surface area contributed by atoms with Gasteiger partial charge in [-0.25, -0.2) is 9.79 Å². The number of nitrogens with zero attached hydrogens (tertiary/aromatic N) is 2. The van der Waals surface area contributed by atoms with Gasteiger partial charge in [-0.1, -0.05) is 29.5 Å². The summed E-state index contributed by atoms with van der Waals surface area (Å²) < 4.78 is 15.0. The summed E-state index contributed by atoms with van der Waals surface area (Å²) in [6.07, 6.45) is 1.56. The van der Waals surface area contributed by atoms with Crippen LogP contribution < -0.4 is 19.6 Å². The first kappa shape index (κ1) is 26.9. The van der Waals surface area contributed by atoms with Crippen LogP contribution in [0.25, 0.3) is 6.08 Å². The molecule has 2 aromatic carbocycles. The smallest absolute Gasteiger partial charge is 0.338 e. The molecule has 7 nitrogen and oxygen atoms in total. The molecule has 0 aliphatic carbocycles. The Morgan fingerprint density at radius 1 is 1.28 bits per heavy atom. The second kappa shape index (κ2) is 11.1. The molecule has 0 spiro atoms. The Labute approximate surface area is 239 Å². The fraction of sp³-hybridized carbons (Fsp3) is 0.269. The second-order valence-electron chi connectivity index (χ2n) is 8.33. The van der Waals surface area contributed by atoms with Gasteiger partial charge in [0.1, 0.15) is 17.5 Å². The van der Waals surface area contributed by atoms with E-state index in [1.54, 1.807) is 19.9 Å². The van der Waals surface area contributed by atoms with Gasteiger partial charge in [0.05, 0.1) is 32.1 Å². The molecule has 0 amide bonds. The number of hydrogen-bond acceptors (Lipinski definition) is 7. The number of benzene rings is 2. The number of aromatic hydroxyl groups is 1. The summed E-state index contributed by atoms with van der Waals surface area (Å²) in [5.74, 6) is 0.160. The maximum atomic E-state index is 13.8. The van der Waals surface area contributed by atoms with Gasteiger partial charge in [0.25, 0.3) is 5.56 Å². The molecule has 0 bridgehead atoms. The molecular formula is C26H24I2N2O5S. The Kier molecular flexibility index (Phi) is 8.25. The monoisotopic (exact) mass is 730 g/mol. The zero-order valence-electron chi connectivity index (χ0n) is 20.0. The van der Waals surface area contributed by atoms with Crippen molar-refractivity contribution in [3.63, 3.8) is 0 Å². The molecule has 1 aliphatic heterocycles. The van der Waals surface area contributed by atoms with E-state index in [0.29, 0.717) is 41.1 Å². The molecule has 188 valence electrons. The molecule has 1 aromatic heterocycles.